The molecule has 2 aromatic rings. The van der Waals surface area contributed by atoms with Crippen LogP contribution in [0, 0.1) is 0 Å². The number of aliphatic hydroxyl groups is 1. The number of carbonyl (C=O) groups excluding carboxylic acids is 2. The van der Waals surface area contributed by atoms with Gasteiger partial charge in [0.05, 0.1) is 24.9 Å². The minimum absolute atomic E-state index is 0.0978. The second-order valence-electron chi connectivity index (χ2n) is 8.16. The van der Waals surface area contributed by atoms with E-state index in [9.17, 15) is 27.9 Å². The summed E-state index contributed by atoms with van der Waals surface area (Å²) >= 11 is 0. The van der Waals surface area contributed by atoms with Gasteiger partial charge in [0, 0.05) is 23.8 Å². The Morgan fingerprint density at radius 1 is 1.06 bits per heavy atom. The van der Waals surface area contributed by atoms with Crippen molar-refractivity contribution < 1.29 is 32.6 Å². The quantitative estimate of drug-likeness (QED) is 0.648. The van der Waals surface area contributed by atoms with E-state index in [0.29, 0.717) is 38.3 Å². The second kappa shape index (κ2) is 9.40. The number of alkyl halides is 3. The topological polar surface area (TPSA) is 90.9 Å². The number of carbonyl (C=O) groups is 2. The number of benzene rings is 2. The maximum absolute atomic E-state index is 13.0. The molecule has 3 atom stereocenters. The Kier molecular flexibility index (Phi) is 6.57. The fraction of sp³-hybridized carbons (Fsp3) is 0.391. The number of rotatable bonds is 4. The third kappa shape index (κ3) is 5.28. The van der Waals surface area contributed by atoms with E-state index in [-0.39, 0.29) is 17.5 Å². The average molecular weight is 463 g/mol. The highest BCUT2D eigenvalue weighted by Gasteiger charge is 2.32. The standard InChI is InChI=1S/C23H24F3N3O4/c24-23(25,26)15-5-7-16(8-6-15)27-22(32)28-19-2-1-11-29(21(19)31)17-9-3-14(4-10-17)18-12-33-13-20(18)30/h3-10,18-20,30H,1-2,11-13H2,(H2,27,28,32)/t18?,19-,20?/m1/s1. The SMILES string of the molecule is O=C(Nc1ccc(C(F)(F)F)cc1)N[C@@H]1CCCN(c2ccc(C3COCC3O)cc2)C1=O. The van der Waals surface area contributed by atoms with Crippen LogP contribution in [0.15, 0.2) is 48.5 Å². The fourth-order valence-corrected chi connectivity index (χ4v) is 4.10. The normalized spacial score (nSPS) is 23.5. The summed E-state index contributed by atoms with van der Waals surface area (Å²) in [4.78, 5) is 26.9. The van der Waals surface area contributed by atoms with Crippen LogP contribution in [-0.4, -0.2) is 48.9 Å². The van der Waals surface area contributed by atoms with E-state index in [4.69, 9.17) is 4.74 Å². The molecule has 3 N–H and O–H groups in total. The van der Waals surface area contributed by atoms with Crippen molar-refractivity contribution in [2.24, 2.45) is 0 Å². The number of nitrogens with one attached hydrogen (secondary N) is 2. The van der Waals surface area contributed by atoms with Crippen molar-refractivity contribution in [3.05, 3.63) is 59.7 Å². The molecule has 176 valence electrons. The van der Waals surface area contributed by atoms with E-state index in [2.05, 4.69) is 10.6 Å². The smallest absolute Gasteiger partial charge is 0.390 e. The van der Waals surface area contributed by atoms with E-state index < -0.39 is 29.9 Å². The molecule has 2 unspecified atom stereocenters. The molecule has 0 aliphatic carbocycles. The number of piperidine rings is 1. The van der Waals surface area contributed by atoms with Crippen LogP contribution >= 0.6 is 0 Å². The van der Waals surface area contributed by atoms with Gasteiger partial charge in [0.15, 0.2) is 0 Å². The highest BCUT2D eigenvalue weighted by atomic mass is 19.4. The number of amides is 3. The maximum atomic E-state index is 13.0. The number of hydrogen-bond donors (Lipinski definition) is 3. The predicted octanol–water partition coefficient (Wildman–Crippen LogP) is 3.50. The first-order chi connectivity index (χ1) is 15.7. The molecule has 0 radical (unpaired) electrons. The highest BCUT2D eigenvalue weighted by Crippen LogP contribution is 2.30. The van der Waals surface area contributed by atoms with Gasteiger partial charge < -0.3 is 25.4 Å². The van der Waals surface area contributed by atoms with Crippen molar-refractivity contribution in [2.45, 2.75) is 37.1 Å². The van der Waals surface area contributed by atoms with Crippen molar-refractivity contribution in [3.63, 3.8) is 0 Å². The third-order valence-electron chi connectivity index (χ3n) is 5.90. The van der Waals surface area contributed by atoms with E-state index >= 15 is 0 Å². The lowest BCUT2D eigenvalue weighted by Crippen LogP contribution is -2.53. The monoisotopic (exact) mass is 463 g/mol. The molecule has 2 saturated heterocycles. The molecule has 7 nitrogen and oxygen atoms in total. The fourth-order valence-electron chi connectivity index (χ4n) is 4.10. The van der Waals surface area contributed by atoms with Gasteiger partial charge in [-0.25, -0.2) is 4.79 Å². The van der Waals surface area contributed by atoms with Crippen LogP contribution in [0.3, 0.4) is 0 Å². The zero-order valence-corrected chi connectivity index (χ0v) is 17.6. The molecule has 2 aliphatic heterocycles. The minimum atomic E-state index is -4.46. The van der Waals surface area contributed by atoms with Gasteiger partial charge >= 0.3 is 12.2 Å². The maximum Gasteiger partial charge on any atom is 0.416 e. The Morgan fingerprint density at radius 2 is 1.76 bits per heavy atom. The van der Waals surface area contributed by atoms with Crippen LogP contribution in [0.5, 0.6) is 0 Å². The Hall–Kier alpha value is -3.11. The summed E-state index contributed by atoms with van der Waals surface area (Å²) in [5.41, 5.74) is 0.993. The molecule has 3 amide bonds. The lowest BCUT2D eigenvalue weighted by molar-refractivity contribution is -0.137. The molecule has 0 bridgehead atoms. The lowest BCUT2D eigenvalue weighted by Gasteiger charge is -2.33. The van der Waals surface area contributed by atoms with Crippen molar-refractivity contribution >= 4 is 23.3 Å². The molecule has 10 heteroatoms. The van der Waals surface area contributed by atoms with Crippen molar-refractivity contribution in [1.29, 1.82) is 0 Å². The molecule has 2 fully saturated rings. The van der Waals surface area contributed by atoms with Crippen LogP contribution in [0.25, 0.3) is 0 Å². The first-order valence-corrected chi connectivity index (χ1v) is 10.6. The van der Waals surface area contributed by atoms with E-state index in [1.807, 2.05) is 24.3 Å². The first kappa shape index (κ1) is 23.1. The summed E-state index contributed by atoms with van der Waals surface area (Å²) in [6, 6.07) is 9.99. The molecule has 4 rings (SSSR count). The second-order valence-corrected chi connectivity index (χ2v) is 8.16. The van der Waals surface area contributed by atoms with Crippen LogP contribution in [-0.2, 0) is 15.7 Å². The average Bonchev–Trinajstić information content (AvgIpc) is 3.21. The van der Waals surface area contributed by atoms with Gasteiger partial charge in [0.2, 0.25) is 5.91 Å². The van der Waals surface area contributed by atoms with Gasteiger partial charge in [-0.15, -0.1) is 0 Å². The molecule has 33 heavy (non-hydrogen) atoms. The summed E-state index contributed by atoms with van der Waals surface area (Å²) in [7, 11) is 0. The van der Waals surface area contributed by atoms with Gasteiger partial charge in [-0.1, -0.05) is 12.1 Å². The summed E-state index contributed by atoms with van der Waals surface area (Å²) < 4.78 is 43.3. The lowest BCUT2D eigenvalue weighted by atomic mass is 9.95. The van der Waals surface area contributed by atoms with Gasteiger partial charge in [0.25, 0.3) is 0 Å². The number of urea groups is 1. The van der Waals surface area contributed by atoms with Crippen molar-refractivity contribution in [3.8, 4) is 0 Å². The van der Waals surface area contributed by atoms with E-state index in [0.717, 1.165) is 29.8 Å². The number of hydrogen-bond acceptors (Lipinski definition) is 4. The Bertz CT molecular complexity index is 996. The van der Waals surface area contributed by atoms with Crippen LogP contribution < -0.4 is 15.5 Å². The number of ether oxygens (including phenoxy) is 1. The Labute approximate surface area is 188 Å². The van der Waals surface area contributed by atoms with E-state index in [1.165, 1.54) is 0 Å². The minimum Gasteiger partial charge on any atom is -0.390 e. The molecule has 0 aromatic heterocycles. The van der Waals surface area contributed by atoms with Gasteiger partial charge in [-0.3, -0.25) is 4.79 Å². The largest absolute Gasteiger partial charge is 0.416 e. The first-order valence-electron chi connectivity index (χ1n) is 10.6. The molecular weight excluding hydrogens is 439 g/mol. The molecule has 2 aromatic carbocycles. The molecule has 0 saturated carbocycles. The van der Waals surface area contributed by atoms with Gasteiger partial charge in [0.1, 0.15) is 6.04 Å². The van der Waals surface area contributed by atoms with Crippen molar-refractivity contribution in [2.75, 3.05) is 30.0 Å². The highest BCUT2D eigenvalue weighted by molar-refractivity contribution is 6.01. The van der Waals surface area contributed by atoms with E-state index in [1.54, 1.807) is 4.90 Å². The summed E-state index contributed by atoms with van der Waals surface area (Å²) in [6.07, 6.45) is -3.88. The third-order valence-corrected chi connectivity index (χ3v) is 5.90. The zero-order chi connectivity index (χ0) is 23.6. The molecular formula is C23H24F3N3O4. The van der Waals surface area contributed by atoms with Crippen LogP contribution in [0.2, 0.25) is 0 Å². The molecule has 2 aliphatic rings. The predicted molar refractivity (Wildman–Crippen MR) is 115 cm³/mol. The number of halogens is 3. The Morgan fingerprint density at radius 3 is 2.36 bits per heavy atom. The summed E-state index contributed by atoms with van der Waals surface area (Å²) in [5.74, 6) is -0.361. The zero-order valence-electron chi connectivity index (χ0n) is 17.6. The van der Waals surface area contributed by atoms with Gasteiger partial charge in [-0.2, -0.15) is 13.2 Å². The van der Waals surface area contributed by atoms with Crippen molar-refractivity contribution in [1.82, 2.24) is 5.32 Å². The van der Waals surface area contributed by atoms with Crippen LogP contribution in [0.1, 0.15) is 29.9 Å². The number of aliphatic hydroxyl groups excluding tert-OH is 1. The number of anilines is 2. The van der Waals surface area contributed by atoms with Crippen LogP contribution in [0.4, 0.5) is 29.3 Å². The van der Waals surface area contributed by atoms with Gasteiger partial charge in [-0.05, 0) is 54.8 Å². The molecule has 0 spiro atoms. The summed E-state index contributed by atoms with van der Waals surface area (Å²) in [6.45, 7) is 1.26. The number of nitrogens with zero attached hydrogens (tertiary/aromatic N) is 1. The summed E-state index contributed by atoms with van der Waals surface area (Å²) in [5, 5.41) is 15.1. The Balaban J connectivity index is 1.36. The molecule has 2 heterocycles.